The maximum atomic E-state index is 13.2. The molecule has 8 nitrogen and oxygen atoms in total. The summed E-state index contributed by atoms with van der Waals surface area (Å²) in [7, 11) is -7.43. The topological polar surface area (TPSA) is 116 Å². The summed E-state index contributed by atoms with van der Waals surface area (Å²) in [5.74, 6) is 0.490. The van der Waals surface area contributed by atoms with E-state index < -0.39 is 36.6 Å². The number of fused-ring (bicyclic) bond motifs is 1. The summed E-state index contributed by atoms with van der Waals surface area (Å²) >= 11 is 5.39. The number of esters is 1. The minimum absolute atomic E-state index is 0.0613. The Morgan fingerprint density at radius 3 is 2.26 bits per heavy atom. The van der Waals surface area contributed by atoms with Crippen LogP contribution >= 0.6 is 11.6 Å². The second kappa shape index (κ2) is 9.39. The zero-order chi connectivity index (χ0) is 25.5. The van der Waals surface area contributed by atoms with E-state index in [0.717, 1.165) is 22.3 Å². The maximum Gasteiger partial charge on any atom is 0.308 e. The van der Waals surface area contributed by atoms with Crippen LogP contribution in [-0.2, 0) is 31.1 Å². The molecule has 1 aliphatic rings. The third-order valence-electron chi connectivity index (χ3n) is 5.93. The molecule has 0 amide bonds. The highest BCUT2D eigenvalue weighted by Gasteiger charge is 2.39. The number of rotatable bonds is 7. The van der Waals surface area contributed by atoms with Gasteiger partial charge in [-0.3, -0.25) is 9.52 Å². The Balaban J connectivity index is 1.87. The van der Waals surface area contributed by atoms with Crippen molar-refractivity contribution >= 4 is 43.1 Å². The lowest BCUT2D eigenvalue weighted by Crippen LogP contribution is -2.43. The van der Waals surface area contributed by atoms with Gasteiger partial charge in [0.1, 0.15) is 22.3 Å². The standard InChI is InChI=1S/C23H28ClNO7S2/c1-14-15(2)22-20(16(3)21(14)31-17(4)26)10-11-23(5,32-22)12-33(27,28)19-8-6-18(7-9-19)25-34(29,30)13-24/h6-9,25H,10-13H2,1-5H3. The van der Waals surface area contributed by atoms with Crippen LogP contribution in [0.5, 0.6) is 11.5 Å². The van der Waals surface area contributed by atoms with Gasteiger partial charge in [0.15, 0.2) is 9.84 Å². The van der Waals surface area contributed by atoms with Gasteiger partial charge in [0.2, 0.25) is 10.0 Å². The quantitative estimate of drug-likeness (QED) is 0.327. The zero-order valence-corrected chi connectivity index (χ0v) is 22.1. The third-order valence-corrected chi connectivity index (χ3v) is 9.61. The predicted octanol–water partition coefficient (Wildman–Crippen LogP) is 4.03. The lowest BCUT2D eigenvalue weighted by molar-refractivity contribution is -0.132. The van der Waals surface area contributed by atoms with E-state index in [0.29, 0.717) is 24.3 Å². The highest BCUT2D eigenvalue weighted by atomic mass is 35.5. The second-order valence-corrected chi connectivity index (χ2v) is 13.1. The van der Waals surface area contributed by atoms with Crippen molar-refractivity contribution in [1.29, 1.82) is 0 Å². The fourth-order valence-electron chi connectivity index (χ4n) is 4.10. The number of halogens is 1. The summed E-state index contributed by atoms with van der Waals surface area (Å²) in [5.41, 5.74) is 2.54. The first-order valence-electron chi connectivity index (χ1n) is 10.6. The second-order valence-electron chi connectivity index (χ2n) is 8.77. The minimum Gasteiger partial charge on any atom is -0.486 e. The highest BCUT2D eigenvalue weighted by molar-refractivity contribution is 7.93. The molecule has 0 fully saturated rings. The molecule has 0 saturated carbocycles. The van der Waals surface area contributed by atoms with Gasteiger partial charge in [-0.15, -0.1) is 11.6 Å². The van der Waals surface area contributed by atoms with E-state index in [2.05, 4.69) is 4.72 Å². The van der Waals surface area contributed by atoms with Crippen molar-refractivity contribution in [3.05, 3.63) is 46.5 Å². The van der Waals surface area contributed by atoms with Crippen molar-refractivity contribution in [3.63, 3.8) is 0 Å². The van der Waals surface area contributed by atoms with E-state index in [1.165, 1.54) is 31.2 Å². The fourth-order valence-corrected chi connectivity index (χ4v) is 6.54. The summed E-state index contributed by atoms with van der Waals surface area (Å²) in [6.45, 7) is 8.69. The van der Waals surface area contributed by atoms with Gasteiger partial charge in [0.05, 0.1) is 10.6 Å². The van der Waals surface area contributed by atoms with Crippen molar-refractivity contribution in [2.75, 3.05) is 15.7 Å². The summed E-state index contributed by atoms with van der Waals surface area (Å²) in [6.07, 6.45) is 1.03. The van der Waals surface area contributed by atoms with Gasteiger partial charge >= 0.3 is 5.97 Å². The largest absolute Gasteiger partial charge is 0.486 e. The summed E-state index contributed by atoms with van der Waals surface area (Å²) < 4.78 is 63.5. The zero-order valence-electron chi connectivity index (χ0n) is 19.7. The van der Waals surface area contributed by atoms with Crippen LogP contribution < -0.4 is 14.2 Å². The summed E-state index contributed by atoms with van der Waals surface area (Å²) in [6, 6.07) is 5.46. The van der Waals surface area contributed by atoms with Crippen LogP contribution in [0.15, 0.2) is 29.2 Å². The van der Waals surface area contributed by atoms with Crippen LogP contribution in [0.2, 0.25) is 0 Å². The van der Waals surface area contributed by atoms with Gasteiger partial charge in [-0.25, -0.2) is 16.8 Å². The summed E-state index contributed by atoms with van der Waals surface area (Å²) in [5, 5.41) is -0.606. The Kier molecular flexibility index (Phi) is 7.27. The first-order chi connectivity index (χ1) is 15.7. The molecule has 186 valence electrons. The number of ether oxygens (including phenoxy) is 2. The van der Waals surface area contributed by atoms with Gasteiger partial charge < -0.3 is 9.47 Å². The van der Waals surface area contributed by atoms with Crippen LogP contribution in [0, 0.1) is 20.8 Å². The van der Waals surface area contributed by atoms with Gasteiger partial charge in [0.25, 0.3) is 0 Å². The van der Waals surface area contributed by atoms with Crippen LogP contribution in [0.25, 0.3) is 0 Å². The molecule has 0 spiro atoms. The molecule has 0 aromatic heterocycles. The molecule has 2 aromatic carbocycles. The fraction of sp³-hybridized carbons (Fsp3) is 0.435. The number of carbonyl (C=O) groups excluding carboxylic acids is 1. The molecule has 1 N–H and O–H groups in total. The molecule has 2 aromatic rings. The molecule has 34 heavy (non-hydrogen) atoms. The Labute approximate surface area is 205 Å². The van der Waals surface area contributed by atoms with E-state index in [1.54, 1.807) is 6.92 Å². The van der Waals surface area contributed by atoms with Crippen molar-refractivity contribution < 1.29 is 31.1 Å². The minimum atomic E-state index is -3.74. The third kappa shape index (κ3) is 5.50. The molecule has 3 rings (SSSR count). The number of benzene rings is 2. The van der Waals surface area contributed by atoms with E-state index >= 15 is 0 Å². The number of anilines is 1. The number of carbonyl (C=O) groups is 1. The molecule has 1 unspecified atom stereocenters. The van der Waals surface area contributed by atoms with Crippen LogP contribution in [0.4, 0.5) is 5.69 Å². The molecule has 0 aliphatic carbocycles. The SMILES string of the molecule is CC(=O)Oc1c(C)c(C)c2c(c1C)CCC(C)(CS(=O)(=O)c1ccc(NS(=O)(=O)CCl)cc1)O2. The average Bonchev–Trinajstić information content (AvgIpc) is 2.74. The first kappa shape index (κ1) is 26.3. The van der Waals surface area contributed by atoms with E-state index in [4.69, 9.17) is 21.1 Å². The molecule has 0 bridgehead atoms. The first-order valence-corrected chi connectivity index (χ1v) is 14.4. The van der Waals surface area contributed by atoms with Gasteiger partial charge in [0, 0.05) is 18.2 Å². The molecule has 0 radical (unpaired) electrons. The molecule has 1 aliphatic heterocycles. The van der Waals surface area contributed by atoms with Gasteiger partial charge in [-0.1, -0.05) is 0 Å². The van der Waals surface area contributed by atoms with Crippen LogP contribution in [0.1, 0.15) is 42.5 Å². The molecule has 1 atom stereocenters. The van der Waals surface area contributed by atoms with Gasteiger partial charge in [-0.05, 0) is 81.5 Å². The highest BCUT2D eigenvalue weighted by Crippen LogP contribution is 2.44. The van der Waals surface area contributed by atoms with Crippen molar-refractivity contribution in [2.45, 2.75) is 58.0 Å². The predicted molar refractivity (Wildman–Crippen MR) is 131 cm³/mol. The molecule has 11 heteroatoms. The maximum absolute atomic E-state index is 13.2. The van der Waals surface area contributed by atoms with E-state index in [1.807, 2.05) is 20.8 Å². The average molecular weight is 530 g/mol. The van der Waals surface area contributed by atoms with E-state index in [9.17, 15) is 21.6 Å². The Hall–Kier alpha value is -2.30. The lowest BCUT2D eigenvalue weighted by Gasteiger charge is -2.38. The Morgan fingerprint density at radius 2 is 1.71 bits per heavy atom. The Bertz CT molecular complexity index is 1340. The number of sulfonamides is 1. The monoisotopic (exact) mass is 529 g/mol. The van der Waals surface area contributed by atoms with Gasteiger partial charge in [-0.2, -0.15) is 0 Å². The van der Waals surface area contributed by atoms with E-state index in [-0.39, 0.29) is 16.3 Å². The molecular weight excluding hydrogens is 502 g/mol. The van der Waals surface area contributed by atoms with Crippen LogP contribution in [0.3, 0.4) is 0 Å². The van der Waals surface area contributed by atoms with Crippen molar-refractivity contribution in [2.24, 2.45) is 0 Å². The lowest BCUT2D eigenvalue weighted by atomic mass is 9.88. The molecular formula is C23H28ClNO7S2. The molecule has 1 heterocycles. The smallest absolute Gasteiger partial charge is 0.308 e. The summed E-state index contributed by atoms with van der Waals surface area (Å²) in [4.78, 5) is 11.6. The number of hydrogen-bond donors (Lipinski definition) is 1. The molecule has 0 saturated heterocycles. The Morgan fingerprint density at radius 1 is 1.09 bits per heavy atom. The van der Waals surface area contributed by atoms with Crippen LogP contribution in [-0.4, -0.2) is 39.4 Å². The van der Waals surface area contributed by atoms with Crippen molar-refractivity contribution in [3.8, 4) is 11.5 Å². The number of alkyl halides is 1. The normalized spacial score (nSPS) is 18.1. The number of sulfone groups is 1. The number of nitrogens with one attached hydrogen (secondary N) is 1. The number of hydrogen-bond acceptors (Lipinski definition) is 7. The van der Waals surface area contributed by atoms with Crippen molar-refractivity contribution in [1.82, 2.24) is 0 Å².